The van der Waals surface area contributed by atoms with Gasteiger partial charge in [-0.2, -0.15) is 0 Å². The lowest BCUT2D eigenvalue weighted by Crippen LogP contribution is -2.36. The Hall–Kier alpha value is -2.69. The van der Waals surface area contributed by atoms with Crippen LogP contribution < -0.4 is 4.90 Å². The third-order valence-electron chi connectivity index (χ3n) is 5.42. The first-order valence-electron chi connectivity index (χ1n) is 9.33. The van der Waals surface area contributed by atoms with E-state index in [1.54, 1.807) is 42.0 Å². The number of rotatable bonds is 5. The zero-order chi connectivity index (χ0) is 19.6. The van der Waals surface area contributed by atoms with Crippen LogP contribution in [0.3, 0.4) is 0 Å². The van der Waals surface area contributed by atoms with Crippen molar-refractivity contribution < 1.29 is 14.0 Å². The fraction of sp³-hybridized carbons (Fsp3) is 0.364. The highest BCUT2D eigenvalue weighted by Gasteiger charge is 2.38. The number of anilines is 1. The van der Waals surface area contributed by atoms with E-state index in [0.29, 0.717) is 12.1 Å². The fourth-order valence-corrected chi connectivity index (χ4v) is 3.68. The van der Waals surface area contributed by atoms with Gasteiger partial charge in [0.1, 0.15) is 5.82 Å². The largest absolute Gasteiger partial charge is 0.339 e. The van der Waals surface area contributed by atoms with Crippen molar-refractivity contribution in [1.82, 2.24) is 4.90 Å². The van der Waals surface area contributed by atoms with Crippen LogP contribution in [0.2, 0.25) is 0 Å². The summed E-state index contributed by atoms with van der Waals surface area (Å²) in [6.45, 7) is 4.21. The van der Waals surface area contributed by atoms with Gasteiger partial charge in [-0.1, -0.05) is 43.3 Å². The fourth-order valence-electron chi connectivity index (χ4n) is 3.68. The first kappa shape index (κ1) is 19.1. The molecule has 1 aliphatic rings. The highest BCUT2D eigenvalue weighted by Crippen LogP contribution is 2.31. The van der Waals surface area contributed by atoms with Crippen LogP contribution >= 0.6 is 0 Å². The SMILES string of the molecule is CCc1ccccc1N1CC(C(=O)N(C)C(C)c2ccccc2F)CC1=O. The van der Waals surface area contributed by atoms with Crippen molar-refractivity contribution in [3.63, 3.8) is 0 Å². The van der Waals surface area contributed by atoms with E-state index >= 15 is 0 Å². The second kappa shape index (κ2) is 7.91. The topological polar surface area (TPSA) is 40.6 Å². The minimum atomic E-state index is -0.415. The summed E-state index contributed by atoms with van der Waals surface area (Å²) in [5.74, 6) is -0.913. The molecule has 2 atom stereocenters. The predicted molar refractivity (Wildman–Crippen MR) is 104 cm³/mol. The molecule has 2 amide bonds. The quantitative estimate of drug-likeness (QED) is 0.801. The third kappa shape index (κ3) is 3.72. The van der Waals surface area contributed by atoms with Gasteiger partial charge in [0, 0.05) is 31.3 Å². The molecule has 0 bridgehead atoms. The maximum absolute atomic E-state index is 14.1. The van der Waals surface area contributed by atoms with Crippen LogP contribution in [0.4, 0.5) is 10.1 Å². The lowest BCUT2D eigenvalue weighted by atomic mass is 10.0. The molecule has 2 unspecified atom stereocenters. The van der Waals surface area contributed by atoms with E-state index < -0.39 is 12.0 Å². The van der Waals surface area contributed by atoms with Gasteiger partial charge in [0.05, 0.1) is 12.0 Å². The Bertz CT molecular complexity index is 852. The van der Waals surface area contributed by atoms with Crippen molar-refractivity contribution in [2.75, 3.05) is 18.5 Å². The van der Waals surface area contributed by atoms with Crippen LogP contribution in [-0.4, -0.2) is 30.3 Å². The summed E-state index contributed by atoms with van der Waals surface area (Å²) in [5, 5.41) is 0. The van der Waals surface area contributed by atoms with Crippen molar-refractivity contribution in [2.45, 2.75) is 32.7 Å². The third-order valence-corrected chi connectivity index (χ3v) is 5.42. The van der Waals surface area contributed by atoms with E-state index in [1.807, 2.05) is 31.2 Å². The minimum Gasteiger partial charge on any atom is -0.339 e. The van der Waals surface area contributed by atoms with E-state index in [9.17, 15) is 14.0 Å². The highest BCUT2D eigenvalue weighted by molar-refractivity contribution is 6.00. The van der Waals surface area contributed by atoms with E-state index in [-0.39, 0.29) is 24.1 Å². The van der Waals surface area contributed by atoms with Crippen molar-refractivity contribution >= 4 is 17.5 Å². The van der Waals surface area contributed by atoms with Crippen LogP contribution in [0.25, 0.3) is 0 Å². The number of aryl methyl sites for hydroxylation is 1. The van der Waals surface area contributed by atoms with Crippen LogP contribution in [0.15, 0.2) is 48.5 Å². The van der Waals surface area contributed by atoms with Crippen LogP contribution in [-0.2, 0) is 16.0 Å². The molecular formula is C22H25FN2O2. The number of amides is 2. The average molecular weight is 368 g/mol. The molecule has 4 nitrogen and oxygen atoms in total. The molecule has 0 aromatic heterocycles. The number of carbonyl (C=O) groups is 2. The van der Waals surface area contributed by atoms with Gasteiger partial charge >= 0.3 is 0 Å². The molecule has 1 fully saturated rings. The summed E-state index contributed by atoms with van der Waals surface area (Å²) in [6, 6.07) is 13.9. The van der Waals surface area contributed by atoms with Crippen molar-refractivity contribution in [3.05, 3.63) is 65.5 Å². The van der Waals surface area contributed by atoms with Gasteiger partial charge in [0.25, 0.3) is 0 Å². The summed E-state index contributed by atoms with van der Waals surface area (Å²) in [6.07, 6.45) is 1.01. The Morgan fingerprint density at radius 2 is 1.89 bits per heavy atom. The van der Waals surface area contributed by atoms with E-state index in [4.69, 9.17) is 0 Å². The lowest BCUT2D eigenvalue weighted by Gasteiger charge is -2.28. The second-order valence-electron chi connectivity index (χ2n) is 7.03. The maximum atomic E-state index is 14.1. The van der Waals surface area contributed by atoms with Crippen LogP contribution in [0.1, 0.15) is 37.4 Å². The first-order chi connectivity index (χ1) is 12.9. The molecule has 0 aliphatic carbocycles. The molecule has 27 heavy (non-hydrogen) atoms. The molecule has 1 aliphatic heterocycles. The lowest BCUT2D eigenvalue weighted by molar-refractivity contribution is -0.136. The molecule has 3 rings (SSSR count). The minimum absolute atomic E-state index is 0.0406. The van der Waals surface area contributed by atoms with Crippen LogP contribution in [0, 0.1) is 11.7 Å². The monoisotopic (exact) mass is 368 g/mol. The van der Waals surface area contributed by atoms with Gasteiger partial charge in [-0.15, -0.1) is 0 Å². The summed E-state index contributed by atoms with van der Waals surface area (Å²) >= 11 is 0. The molecule has 142 valence electrons. The Kier molecular flexibility index (Phi) is 5.59. The molecule has 1 saturated heterocycles. The Balaban J connectivity index is 1.76. The van der Waals surface area contributed by atoms with Crippen LogP contribution in [0.5, 0.6) is 0 Å². The van der Waals surface area contributed by atoms with E-state index in [2.05, 4.69) is 0 Å². The smallest absolute Gasteiger partial charge is 0.228 e. The molecule has 0 N–H and O–H groups in total. The summed E-state index contributed by atoms with van der Waals surface area (Å²) in [4.78, 5) is 28.8. The molecule has 0 saturated carbocycles. The second-order valence-corrected chi connectivity index (χ2v) is 7.03. The molecule has 2 aromatic carbocycles. The Morgan fingerprint density at radius 1 is 1.22 bits per heavy atom. The van der Waals surface area contributed by atoms with Crippen molar-refractivity contribution in [3.8, 4) is 0 Å². The van der Waals surface area contributed by atoms with Gasteiger partial charge in [-0.25, -0.2) is 4.39 Å². The van der Waals surface area contributed by atoms with Gasteiger partial charge in [0.15, 0.2) is 0 Å². The molecule has 0 spiro atoms. The number of hydrogen-bond acceptors (Lipinski definition) is 2. The number of hydrogen-bond donors (Lipinski definition) is 0. The summed E-state index contributed by atoms with van der Waals surface area (Å²) in [7, 11) is 1.67. The Labute approximate surface area is 159 Å². The number of para-hydroxylation sites is 1. The van der Waals surface area contributed by atoms with Gasteiger partial charge in [0.2, 0.25) is 11.8 Å². The van der Waals surface area contributed by atoms with Gasteiger partial charge in [-0.05, 0) is 31.0 Å². The van der Waals surface area contributed by atoms with Gasteiger partial charge in [-0.3, -0.25) is 9.59 Å². The molecule has 2 aromatic rings. The van der Waals surface area contributed by atoms with Crippen molar-refractivity contribution in [1.29, 1.82) is 0 Å². The molecule has 5 heteroatoms. The zero-order valence-electron chi connectivity index (χ0n) is 16.0. The Morgan fingerprint density at radius 3 is 2.59 bits per heavy atom. The predicted octanol–water partition coefficient (Wildman–Crippen LogP) is 3.96. The van der Waals surface area contributed by atoms with Crippen molar-refractivity contribution in [2.24, 2.45) is 5.92 Å². The normalized spacial score (nSPS) is 17.9. The molecule has 1 heterocycles. The molecule has 0 radical (unpaired) electrons. The molecular weight excluding hydrogens is 343 g/mol. The van der Waals surface area contributed by atoms with Gasteiger partial charge < -0.3 is 9.80 Å². The standard InChI is InChI=1S/C22H25FN2O2/c1-4-16-9-5-8-12-20(16)25-14-17(13-21(25)26)22(27)24(3)15(2)18-10-6-7-11-19(18)23/h5-12,15,17H,4,13-14H2,1-3H3. The summed E-state index contributed by atoms with van der Waals surface area (Å²) in [5.41, 5.74) is 2.45. The maximum Gasteiger partial charge on any atom is 0.228 e. The first-order valence-corrected chi connectivity index (χ1v) is 9.33. The van der Waals surface area contributed by atoms with E-state index in [1.165, 1.54) is 6.07 Å². The van der Waals surface area contributed by atoms with E-state index in [0.717, 1.165) is 17.7 Å². The zero-order valence-corrected chi connectivity index (χ0v) is 16.0. The number of nitrogens with zero attached hydrogens (tertiary/aromatic N) is 2. The highest BCUT2D eigenvalue weighted by atomic mass is 19.1. The number of carbonyl (C=O) groups excluding carboxylic acids is 2. The average Bonchev–Trinajstić information content (AvgIpc) is 3.08. The number of halogens is 1. The summed E-state index contributed by atoms with van der Waals surface area (Å²) < 4.78 is 14.1. The number of benzene rings is 2.